The molecule has 1 aromatic heterocycles. The number of carbonyl (C=O) groups is 1. The van der Waals surface area contributed by atoms with Crippen LogP contribution in [0.5, 0.6) is 11.6 Å². The normalized spacial score (nSPS) is 10.8. The number of likely N-dealkylation sites (N-methyl/N-ethyl adjacent to an activating group) is 1. The van der Waals surface area contributed by atoms with Crippen molar-refractivity contribution in [2.45, 2.75) is 40.0 Å². The van der Waals surface area contributed by atoms with E-state index in [9.17, 15) is 4.79 Å². The van der Waals surface area contributed by atoms with Gasteiger partial charge in [0.25, 0.3) is 0 Å². The summed E-state index contributed by atoms with van der Waals surface area (Å²) in [5.41, 5.74) is 4.51. The average Bonchev–Trinajstić information content (AvgIpc) is 2.84. The third kappa shape index (κ3) is 6.76. The van der Waals surface area contributed by atoms with Crippen LogP contribution < -0.4 is 4.74 Å². The Balaban J connectivity index is 1.71. The molecule has 3 rings (SSSR count). The van der Waals surface area contributed by atoms with Crippen molar-refractivity contribution in [2.24, 2.45) is 0 Å². The lowest BCUT2D eigenvalue weighted by Gasteiger charge is -2.14. The molecule has 0 aliphatic carbocycles. The van der Waals surface area contributed by atoms with Gasteiger partial charge in [0, 0.05) is 38.4 Å². The van der Waals surface area contributed by atoms with Gasteiger partial charge >= 0.3 is 0 Å². The van der Waals surface area contributed by atoms with Gasteiger partial charge in [-0.05, 0) is 72.9 Å². The van der Waals surface area contributed by atoms with Gasteiger partial charge in [-0.2, -0.15) is 10.2 Å². The van der Waals surface area contributed by atoms with Gasteiger partial charge in [-0.15, -0.1) is 0 Å². The SMILES string of the molecule is CCCCN(C)C(=O)/C=C/c1cc(C)c(Oc2ccnc(Cc3ccc(C#N)cc3)n2)c(C)c1. The molecule has 0 unspecified atom stereocenters. The number of benzene rings is 2. The van der Waals surface area contributed by atoms with Crippen molar-refractivity contribution in [1.29, 1.82) is 5.26 Å². The topological polar surface area (TPSA) is 79.1 Å². The molecule has 0 radical (unpaired) electrons. The van der Waals surface area contributed by atoms with Gasteiger partial charge < -0.3 is 9.64 Å². The fourth-order valence-corrected chi connectivity index (χ4v) is 3.55. The van der Waals surface area contributed by atoms with Crippen LogP contribution in [-0.4, -0.2) is 34.4 Å². The molecule has 174 valence electrons. The van der Waals surface area contributed by atoms with E-state index in [0.29, 0.717) is 23.7 Å². The van der Waals surface area contributed by atoms with Crippen molar-refractivity contribution in [3.05, 3.63) is 88.4 Å². The molecule has 0 atom stereocenters. The van der Waals surface area contributed by atoms with Crippen molar-refractivity contribution in [3.8, 4) is 17.7 Å². The highest BCUT2D eigenvalue weighted by Gasteiger charge is 2.10. The number of unbranched alkanes of at least 4 members (excludes halogenated alkanes) is 1. The third-order valence-corrected chi connectivity index (χ3v) is 5.46. The Morgan fingerprint density at radius 2 is 1.85 bits per heavy atom. The van der Waals surface area contributed by atoms with Crippen molar-refractivity contribution >= 4 is 12.0 Å². The van der Waals surface area contributed by atoms with Crippen LogP contribution in [-0.2, 0) is 11.2 Å². The summed E-state index contributed by atoms with van der Waals surface area (Å²) >= 11 is 0. The average molecular weight is 455 g/mol. The van der Waals surface area contributed by atoms with E-state index < -0.39 is 0 Å². The molecule has 0 aliphatic heterocycles. The zero-order valence-corrected chi connectivity index (χ0v) is 20.2. The first-order valence-electron chi connectivity index (χ1n) is 11.4. The second kappa shape index (κ2) is 11.8. The molecule has 34 heavy (non-hydrogen) atoms. The van der Waals surface area contributed by atoms with Gasteiger partial charge in [0.2, 0.25) is 11.8 Å². The maximum atomic E-state index is 12.3. The smallest absolute Gasteiger partial charge is 0.246 e. The number of aryl methyl sites for hydroxylation is 2. The number of carbonyl (C=O) groups excluding carboxylic acids is 1. The van der Waals surface area contributed by atoms with Crippen molar-refractivity contribution in [1.82, 2.24) is 14.9 Å². The highest BCUT2D eigenvalue weighted by molar-refractivity contribution is 5.91. The van der Waals surface area contributed by atoms with E-state index in [1.807, 2.05) is 51.2 Å². The van der Waals surface area contributed by atoms with E-state index in [4.69, 9.17) is 10.00 Å². The Labute approximate surface area is 201 Å². The van der Waals surface area contributed by atoms with Crippen LogP contribution in [0.2, 0.25) is 0 Å². The van der Waals surface area contributed by atoms with Gasteiger partial charge in [0.1, 0.15) is 11.6 Å². The van der Waals surface area contributed by atoms with Crippen LogP contribution in [0.4, 0.5) is 0 Å². The Morgan fingerprint density at radius 1 is 1.15 bits per heavy atom. The minimum atomic E-state index is -0.000128. The minimum Gasteiger partial charge on any atom is -0.438 e. The van der Waals surface area contributed by atoms with Crippen LogP contribution >= 0.6 is 0 Å². The molecular weight excluding hydrogens is 424 g/mol. The third-order valence-electron chi connectivity index (χ3n) is 5.46. The quantitative estimate of drug-likeness (QED) is 0.392. The summed E-state index contributed by atoms with van der Waals surface area (Å²) < 4.78 is 6.12. The molecule has 0 saturated carbocycles. The van der Waals surface area contributed by atoms with Crippen molar-refractivity contribution < 1.29 is 9.53 Å². The molecule has 6 heteroatoms. The van der Waals surface area contributed by atoms with Crippen molar-refractivity contribution in [2.75, 3.05) is 13.6 Å². The molecule has 0 bridgehead atoms. The lowest BCUT2D eigenvalue weighted by molar-refractivity contribution is -0.124. The van der Waals surface area contributed by atoms with Crippen LogP contribution in [0.1, 0.15) is 53.4 Å². The molecule has 1 amide bonds. The first-order valence-corrected chi connectivity index (χ1v) is 11.4. The second-order valence-electron chi connectivity index (χ2n) is 8.33. The summed E-state index contributed by atoms with van der Waals surface area (Å²) in [7, 11) is 1.83. The molecule has 1 heterocycles. The van der Waals surface area contributed by atoms with E-state index in [-0.39, 0.29) is 5.91 Å². The number of hydrogen-bond donors (Lipinski definition) is 0. The van der Waals surface area contributed by atoms with Crippen molar-refractivity contribution in [3.63, 3.8) is 0 Å². The second-order valence-corrected chi connectivity index (χ2v) is 8.33. The molecule has 0 aliphatic rings. The molecule has 0 fully saturated rings. The lowest BCUT2D eigenvalue weighted by Crippen LogP contribution is -2.25. The fraction of sp³-hybridized carbons (Fsp3) is 0.286. The van der Waals surface area contributed by atoms with Gasteiger partial charge in [0.15, 0.2) is 0 Å². The van der Waals surface area contributed by atoms with Gasteiger partial charge in [-0.1, -0.05) is 25.5 Å². The number of hydrogen-bond acceptors (Lipinski definition) is 5. The summed E-state index contributed by atoms with van der Waals surface area (Å²) in [6, 6.07) is 15.2. The van der Waals surface area contributed by atoms with Crippen LogP contribution in [0.3, 0.4) is 0 Å². The first kappa shape index (κ1) is 24.7. The van der Waals surface area contributed by atoms with Gasteiger partial charge in [-0.3, -0.25) is 4.79 Å². The number of rotatable bonds is 9. The molecule has 6 nitrogen and oxygen atoms in total. The number of amides is 1. The Kier molecular flexibility index (Phi) is 8.53. The zero-order valence-electron chi connectivity index (χ0n) is 20.2. The zero-order chi connectivity index (χ0) is 24.5. The van der Waals surface area contributed by atoms with Crippen LogP contribution in [0.25, 0.3) is 6.08 Å². The van der Waals surface area contributed by atoms with E-state index in [1.54, 1.807) is 35.4 Å². The summed E-state index contributed by atoms with van der Waals surface area (Å²) in [6.07, 6.45) is 7.75. The van der Waals surface area contributed by atoms with Crippen LogP contribution in [0.15, 0.2) is 54.7 Å². The Hall–Kier alpha value is -3.98. The Bertz CT molecular complexity index is 1190. The molecule has 0 N–H and O–H groups in total. The highest BCUT2D eigenvalue weighted by Crippen LogP contribution is 2.29. The maximum absolute atomic E-state index is 12.3. The summed E-state index contributed by atoms with van der Waals surface area (Å²) in [6.45, 7) is 6.83. The lowest BCUT2D eigenvalue weighted by atomic mass is 10.1. The molecule has 0 saturated heterocycles. The largest absolute Gasteiger partial charge is 0.438 e. The Morgan fingerprint density at radius 3 is 2.50 bits per heavy atom. The number of nitriles is 1. The predicted molar refractivity (Wildman–Crippen MR) is 134 cm³/mol. The molecule has 3 aromatic rings. The summed E-state index contributed by atoms with van der Waals surface area (Å²) in [4.78, 5) is 22.9. The van der Waals surface area contributed by atoms with E-state index >= 15 is 0 Å². The van der Waals surface area contributed by atoms with E-state index in [0.717, 1.165) is 47.4 Å². The molecule has 0 spiro atoms. The van der Waals surface area contributed by atoms with Gasteiger partial charge in [-0.25, -0.2) is 4.98 Å². The first-order chi connectivity index (χ1) is 16.4. The van der Waals surface area contributed by atoms with Crippen LogP contribution in [0, 0.1) is 25.2 Å². The highest BCUT2D eigenvalue weighted by atomic mass is 16.5. The summed E-state index contributed by atoms with van der Waals surface area (Å²) in [5.74, 6) is 1.86. The number of nitrogens with zero attached hydrogens (tertiary/aromatic N) is 4. The summed E-state index contributed by atoms with van der Waals surface area (Å²) in [5, 5.41) is 8.95. The minimum absolute atomic E-state index is 0.000128. The molecule has 2 aromatic carbocycles. The fourth-order valence-electron chi connectivity index (χ4n) is 3.55. The van der Waals surface area contributed by atoms with E-state index in [2.05, 4.69) is 23.0 Å². The number of ether oxygens (including phenoxy) is 1. The van der Waals surface area contributed by atoms with E-state index in [1.165, 1.54) is 0 Å². The monoisotopic (exact) mass is 454 g/mol. The molecular formula is C28H30N4O2. The standard InChI is InChI=1S/C28H30N4O2/c1-5-6-15-32(4)27(33)12-11-24-16-20(2)28(21(3)17-24)34-26-13-14-30-25(31-26)18-22-7-9-23(19-29)10-8-22/h7-14,16-17H,5-6,15,18H2,1-4H3/b12-11+. The number of aromatic nitrogens is 2. The maximum Gasteiger partial charge on any atom is 0.246 e. The predicted octanol–water partition coefficient (Wildman–Crippen LogP) is 5.62. The van der Waals surface area contributed by atoms with Gasteiger partial charge in [0.05, 0.1) is 11.6 Å².